The van der Waals surface area contributed by atoms with E-state index >= 15 is 0 Å². The molecule has 0 aliphatic heterocycles. The molecule has 5 heteroatoms. The molecule has 0 aromatic heterocycles. The van der Waals surface area contributed by atoms with Crippen LogP contribution in [-0.2, 0) is 11.2 Å². The third kappa shape index (κ3) is 4.55. The summed E-state index contributed by atoms with van der Waals surface area (Å²) in [6.45, 7) is 1.71. The minimum absolute atomic E-state index is 0.0243. The van der Waals surface area contributed by atoms with Crippen LogP contribution in [0, 0.1) is 11.8 Å². The van der Waals surface area contributed by atoms with E-state index in [1.54, 1.807) is 27.4 Å². The molecule has 2 aromatic carbocycles. The lowest BCUT2D eigenvalue weighted by Gasteiger charge is -2.12. The molecular weight excluding hydrogens is 368 g/mol. The minimum atomic E-state index is -0.868. The highest BCUT2D eigenvalue weighted by molar-refractivity contribution is 5.78. The Balaban J connectivity index is 1.80. The van der Waals surface area contributed by atoms with Gasteiger partial charge in [0.05, 0.1) is 32.8 Å². The Morgan fingerprint density at radius 2 is 1.79 bits per heavy atom. The Morgan fingerprint density at radius 3 is 2.41 bits per heavy atom. The maximum absolute atomic E-state index is 11.1. The fourth-order valence-electron chi connectivity index (χ4n) is 3.59. The summed E-state index contributed by atoms with van der Waals surface area (Å²) in [5.74, 6) is 6.89. The van der Waals surface area contributed by atoms with Crippen LogP contribution in [0.2, 0.25) is 0 Å². The molecule has 3 rings (SSSR count). The summed E-state index contributed by atoms with van der Waals surface area (Å²) in [7, 11) is 3.33. The number of carboxylic acids is 1. The topological polar surface area (TPSA) is 65.0 Å². The van der Waals surface area contributed by atoms with Gasteiger partial charge in [-0.2, -0.15) is 0 Å². The highest BCUT2D eigenvalue weighted by atomic mass is 16.5. The summed E-state index contributed by atoms with van der Waals surface area (Å²) in [6.07, 6.45) is 3.44. The Hall–Kier alpha value is -3.39. The Bertz CT molecular complexity index is 977. The van der Waals surface area contributed by atoms with Gasteiger partial charge in [-0.25, -0.2) is 0 Å². The molecule has 0 spiro atoms. The number of rotatable bonds is 7. The predicted octanol–water partition coefficient (Wildman–Crippen LogP) is 4.65. The van der Waals surface area contributed by atoms with Crippen molar-refractivity contribution in [3.63, 3.8) is 0 Å². The van der Waals surface area contributed by atoms with Gasteiger partial charge in [0.15, 0.2) is 0 Å². The first kappa shape index (κ1) is 20.3. The SMILES string of the molecule is CC#C[C@@H](CC(=O)O)c1ccc(O/C=C2/CCc3c(OC)ccc(OC)c32)cc1. The highest BCUT2D eigenvalue weighted by Gasteiger charge is 2.24. The minimum Gasteiger partial charge on any atom is -0.496 e. The average molecular weight is 392 g/mol. The van der Waals surface area contributed by atoms with Crippen LogP contribution in [0.1, 0.15) is 42.4 Å². The van der Waals surface area contributed by atoms with Gasteiger partial charge in [0, 0.05) is 11.1 Å². The first-order valence-electron chi connectivity index (χ1n) is 9.41. The maximum Gasteiger partial charge on any atom is 0.304 e. The van der Waals surface area contributed by atoms with E-state index in [1.807, 2.05) is 36.4 Å². The third-order valence-electron chi connectivity index (χ3n) is 4.95. The standard InChI is InChI=1S/C24H24O5/c1-4-5-17(14-23(25)26)16-6-9-19(10-7-16)29-15-18-8-11-20-21(27-2)12-13-22(28-3)24(18)20/h6-7,9-10,12-13,15,17H,8,11,14H2,1-3H3,(H,25,26)/b18-15-/t17-/m0/s1. The molecule has 0 fully saturated rings. The molecule has 0 heterocycles. The lowest BCUT2D eigenvalue weighted by Crippen LogP contribution is -2.04. The zero-order valence-electron chi connectivity index (χ0n) is 16.8. The molecule has 0 amide bonds. The summed E-state index contributed by atoms with van der Waals surface area (Å²) < 4.78 is 16.9. The molecule has 0 radical (unpaired) electrons. The number of carboxylic acid groups (broad SMARTS) is 1. The smallest absolute Gasteiger partial charge is 0.304 e. The highest BCUT2D eigenvalue weighted by Crippen LogP contribution is 2.43. The molecule has 1 aliphatic rings. The first-order valence-corrected chi connectivity index (χ1v) is 9.41. The van der Waals surface area contributed by atoms with Crippen molar-refractivity contribution in [2.45, 2.75) is 32.1 Å². The van der Waals surface area contributed by atoms with Crippen molar-refractivity contribution < 1.29 is 24.1 Å². The predicted molar refractivity (Wildman–Crippen MR) is 111 cm³/mol. The van der Waals surface area contributed by atoms with Crippen LogP contribution in [0.15, 0.2) is 42.7 Å². The van der Waals surface area contributed by atoms with Crippen LogP contribution in [0.5, 0.6) is 17.2 Å². The van der Waals surface area contributed by atoms with Gasteiger partial charge in [-0.15, -0.1) is 5.92 Å². The van der Waals surface area contributed by atoms with Crippen molar-refractivity contribution in [2.24, 2.45) is 0 Å². The number of hydrogen-bond donors (Lipinski definition) is 1. The van der Waals surface area contributed by atoms with Crippen molar-refractivity contribution in [2.75, 3.05) is 14.2 Å². The number of aliphatic carboxylic acids is 1. The molecule has 29 heavy (non-hydrogen) atoms. The number of allylic oxidation sites excluding steroid dienone is 1. The zero-order valence-corrected chi connectivity index (χ0v) is 16.8. The van der Waals surface area contributed by atoms with Gasteiger partial charge in [0.1, 0.15) is 17.2 Å². The van der Waals surface area contributed by atoms with Crippen LogP contribution in [0.3, 0.4) is 0 Å². The third-order valence-corrected chi connectivity index (χ3v) is 4.95. The lowest BCUT2D eigenvalue weighted by atomic mass is 9.96. The summed E-state index contributed by atoms with van der Waals surface area (Å²) >= 11 is 0. The average Bonchev–Trinajstić information content (AvgIpc) is 3.15. The number of ether oxygens (including phenoxy) is 3. The quantitative estimate of drug-likeness (QED) is 0.549. The van der Waals surface area contributed by atoms with Gasteiger partial charge in [-0.1, -0.05) is 18.1 Å². The molecule has 0 bridgehead atoms. The van der Waals surface area contributed by atoms with Crippen molar-refractivity contribution in [3.05, 3.63) is 59.4 Å². The van der Waals surface area contributed by atoms with Gasteiger partial charge in [-0.3, -0.25) is 4.79 Å². The number of methoxy groups -OCH3 is 2. The molecule has 0 saturated carbocycles. The molecule has 1 N–H and O–H groups in total. The lowest BCUT2D eigenvalue weighted by molar-refractivity contribution is -0.137. The van der Waals surface area contributed by atoms with Crippen LogP contribution in [0.25, 0.3) is 5.57 Å². The molecular formula is C24H24O5. The van der Waals surface area contributed by atoms with E-state index in [1.165, 1.54) is 0 Å². The van der Waals surface area contributed by atoms with Crippen molar-refractivity contribution in [1.29, 1.82) is 0 Å². The van der Waals surface area contributed by atoms with E-state index < -0.39 is 5.97 Å². The van der Waals surface area contributed by atoms with E-state index in [0.29, 0.717) is 5.75 Å². The van der Waals surface area contributed by atoms with Crippen LogP contribution in [-0.4, -0.2) is 25.3 Å². The number of hydrogen-bond acceptors (Lipinski definition) is 4. The molecule has 2 aromatic rings. The maximum atomic E-state index is 11.1. The van der Waals surface area contributed by atoms with E-state index in [2.05, 4.69) is 11.8 Å². The Morgan fingerprint density at radius 1 is 1.10 bits per heavy atom. The van der Waals surface area contributed by atoms with E-state index in [0.717, 1.165) is 46.6 Å². The molecule has 0 saturated heterocycles. The van der Waals surface area contributed by atoms with Gasteiger partial charge in [0.25, 0.3) is 0 Å². The summed E-state index contributed by atoms with van der Waals surface area (Å²) in [4.78, 5) is 11.1. The van der Waals surface area contributed by atoms with E-state index in [4.69, 9.17) is 19.3 Å². The first-order chi connectivity index (χ1) is 14.1. The van der Waals surface area contributed by atoms with Gasteiger partial charge in [-0.05, 0) is 55.2 Å². The normalized spacial score (nSPS) is 14.5. The fourth-order valence-corrected chi connectivity index (χ4v) is 3.59. The molecule has 1 aliphatic carbocycles. The van der Waals surface area contributed by atoms with E-state index in [-0.39, 0.29) is 12.3 Å². The van der Waals surface area contributed by atoms with E-state index in [9.17, 15) is 4.79 Å². The van der Waals surface area contributed by atoms with Crippen molar-refractivity contribution >= 4 is 11.5 Å². The van der Waals surface area contributed by atoms with Gasteiger partial charge >= 0.3 is 5.97 Å². The fraction of sp³-hybridized carbons (Fsp3) is 0.292. The second-order valence-electron chi connectivity index (χ2n) is 6.70. The molecule has 1 atom stereocenters. The number of fused-ring (bicyclic) bond motifs is 1. The Labute approximate surface area is 170 Å². The molecule has 5 nitrogen and oxygen atoms in total. The van der Waals surface area contributed by atoms with Gasteiger partial charge < -0.3 is 19.3 Å². The van der Waals surface area contributed by atoms with Crippen LogP contribution >= 0.6 is 0 Å². The van der Waals surface area contributed by atoms with Gasteiger partial charge in [0.2, 0.25) is 0 Å². The second kappa shape index (κ2) is 9.20. The molecule has 150 valence electrons. The number of carbonyl (C=O) groups is 1. The van der Waals surface area contributed by atoms with Crippen molar-refractivity contribution in [3.8, 4) is 29.1 Å². The van der Waals surface area contributed by atoms with Crippen LogP contribution in [0.4, 0.5) is 0 Å². The van der Waals surface area contributed by atoms with Crippen molar-refractivity contribution in [1.82, 2.24) is 0 Å². The summed E-state index contributed by atoms with van der Waals surface area (Å²) in [5.41, 5.74) is 4.08. The second-order valence-corrected chi connectivity index (χ2v) is 6.70. The number of benzene rings is 2. The van der Waals surface area contributed by atoms with Crippen LogP contribution < -0.4 is 14.2 Å². The summed E-state index contributed by atoms with van der Waals surface area (Å²) in [5, 5.41) is 9.07. The zero-order chi connectivity index (χ0) is 20.8. The summed E-state index contributed by atoms with van der Waals surface area (Å²) in [6, 6.07) is 11.2. The monoisotopic (exact) mass is 392 g/mol. The largest absolute Gasteiger partial charge is 0.496 e. The Kier molecular flexibility index (Phi) is 6.46. The molecule has 0 unspecified atom stereocenters.